The Morgan fingerprint density at radius 3 is 2.56 bits per heavy atom. The number of amides is 2. The van der Waals surface area contributed by atoms with Gasteiger partial charge < -0.3 is 15.3 Å². The topological polar surface area (TPSA) is 69.6 Å². The van der Waals surface area contributed by atoms with E-state index in [1.54, 1.807) is 11.8 Å². The molecule has 5 nitrogen and oxygen atoms in total. The average molecular weight is 342 g/mol. The second-order valence-corrected chi connectivity index (χ2v) is 7.93. The Labute approximate surface area is 148 Å². The molecule has 1 aromatic rings. The molecule has 3 aliphatic rings. The molecule has 0 aromatic heterocycles. The molecule has 0 bridgehead atoms. The van der Waals surface area contributed by atoms with E-state index in [1.807, 2.05) is 18.2 Å². The van der Waals surface area contributed by atoms with Crippen molar-refractivity contribution in [1.82, 2.24) is 5.32 Å². The molecule has 1 spiro atoms. The molecule has 2 aliphatic carbocycles. The summed E-state index contributed by atoms with van der Waals surface area (Å²) in [6.07, 6.45) is 5.42. The molecule has 2 amide bonds. The van der Waals surface area contributed by atoms with Crippen LogP contribution >= 0.6 is 0 Å². The number of benzene rings is 1. The number of anilines is 1. The zero-order chi connectivity index (χ0) is 17.6. The molecule has 2 unspecified atom stereocenters. The Hall–Kier alpha value is -1.88. The van der Waals surface area contributed by atoms with Crippen molar-refractivity contribution in [3.63, 3.8) is 0 Å². The van der Waals surface area contributed by atoms with Gasteiger partial charge in [-0.15, -0.1) is 0 Å². The molecule has 1 heterocycles. The molecule has 2 atom stereocenters. The van der Waals surface area contributed by atoms with Gasteiger partial charge in [-0.25, -0.2) is 0 Å². The molecule has 134 valence electrons. The zero-order valence-electron chi connectivity index (χ0n) is 14.7. The van der Waals surface area contributed by atoms with Crippen LogP contribution < -0.4 is 10.2 Å². The molecule has 2 N–H and O–H groups in total. The van der Waals surface area contributed by atoms with Crippen LogP contribution in [-0.4, -0.2) is 35.6 Å². The number of hydrogen-bond donors (Lipinski definition) is 2. The molecular formula is C20H26N2O3. The second-order valence-electron chi connectivity index (χ2n) is 7.93. The number of aliphatic hydroxyl groups is 1. The lowest BCUT2D eigenvalue weighted by Gasteiger charge is -2.29. The van der Waals surface area contributed by atoms with E-state index >= 15 is 0 Å². The molecule has 4 rings (SSSR count). The Morgan fingerprint density at radius 2 is 1.92 bits per heavy atom. The van der Waals surface area contributed by atoms with Gasteiger partial charge in [0.2, 0.25) is 5.91 Å². The highest BCUT2D eigenvalue weighted by atomic mass is 16.3. The van der Waals surface area contributed by atoms with Gasteiger partial charge in [0.25, 0.3) is 5.91 Å². The average Bonchev–Trinajstić information content (AvgIpc) is 3.28. The molecule has 5 heteroatoms. The highest BCUT2D eigenvalue weighted by Gasteiger charge is 2.47. The molecule has 1 aromatic carbocycles. The maximum atomic E-state index is 13.2. The molecule has 2 saturated carbocycles. The van der Waals surface area contributed by atoms with Crippen molar-refractivity contribution < 1.29 is 14.7 Å². The first-order chi connectivity index (χ1) is 12.0. The summed E-state index contributed by atoms with van der Waals surface area (Å²) in [6, 6.07) is 7.23. The summed E-state index contributed by atoms with van der Waals surface area (Å²) in [5.41, 5.74) is 2.25. The minimum Gasteiger partial charge on any atom is -0.391 e. The van der Waals surface area contributed by atoms with E-state index in [9.17, 15) is 14.7 Å². The predicted molar refractivity (Wildman–Crippen MR) is 95.3 cm³/mol. The van der Waals surface area contributed by atoms with Gasteiger partial charge in [-0.3, -0.25) is 9.59 Å². The molecule has 1 aliphatic heterocycles. The van der Waals surface area contributed by atoms with Crippen LogP contribution in [-0.2, 0) is 15.0 Å². The number of rotatable bonds is 4. The summed E-state index contributed by atoms with van der Waals surface area (Å²) in [5.74, 6) is -0.288. The number of carbonyl (C=O) groups excluding carboxylic acids is 2. The maximum absolute atomic E-state index is 13.2. The molecule has 0 radical (unpaired) electrons. The Kier molecular flexibility index (Phi) is 4.07. The summed E-state index contributed by atoms with van der Waals surface area (Å²) in [4.78, 5) is 27.2. The van der Waals surface area contributed by atoms with Crippen molar-refractivity contribution >= 4 is 17.5 Å². The third-order valence-corrected chi connectivity index (χ3v) is 6.05. The van der Waals surface area contributed by atoms with Crippen molar-refractivity contribution in [2.75, 3.05) is 11.4 Å². The monoisotopic (exact) mass is 342 g/mol. The maximum Gasteiger partial charge on any atom is 0.252 e. The lowest BCUT2D eigenvalue weighted by molar-refractivity contribution is -0.130. The van der Waals surface area contributed by atoms with E-state index in [0.717, 1.165) is 31.4 Å². The number of fused-ring (bicyclic) bond motifs is 2. The third-order valence-electron chi connectivity index (χ3n) is 6.05. The van der Waals surface area contributed by atoms with Crippen molar-refractivity contribution in [1.29, 1.82) is 0 Å². The van der Waals surface area contributed by atoms with Crippen LogP contribution in [0.2, 0.25) is 0 Å². The van der Waals surface area contributed by atoms with E-state index in [-0.39, 0.29) is 23.1 Å². The van der Waals surface area contributed by atoms with Gasteiger partial charge in [0.05, 0.1) is 6.10 Å². The number of nitrogens with zero attached hydrogens (tertiary/aromatic N) is 1. The fourth-order valence-corrected chi connectivity index (χ4v) is 4.48. The highest BCUT2D eigenvalue weighted by Crippen LogP contribution is 2.50. The Balaban J connectivity index is 1.61. The predicted octanol–water partition coefficient (Wildman–Crippen LogP) is 2.12. The van der Waals surface area contributed by atoms with Crippen LogP contribution in [0.4, 0.5) is 5.69 Å². The van der Waals surface area contributed by atoms with E-state index in [0.29, 0.717) is 6.54 Å². The minimum atomic E-state index is -0.914. The first-order valence-corrected chi connectivity index (χ1v) is 9.41. The van der Waals surface area contributed by atoms with E-state index in [4.69, 9.17) is 0 Å². The van der Waals surface area contributed by atoms with Gasteiger partial charge in [0.15, 0.2) is 0 Å². The number of para-hydroxylation sites is 1. The Morgan fingerprint density at radius 1 is 1.24 bits per heavy atom. The van der Waals surface area contributed by atoms with E-state index < -0.39 is 12.1 Å². The number of nitrogens with one attached hydrogen (secondary N) is 1. The van der Waals surface area contributed by atoms with Crippen LogP contribution in [0.1, 0.15) is 51.0 Å². The fraction of sp³-hybridized carbons (Fsp3) is 0.600. The van der Waals surface area contributed by atoms with Gasteiger partial charge in [-0.1, -0.05) is 31.0 Å². The van der Waals surface area contributed by atoms with Gasteiger partial charge in [-0.2, -0.15) is 0 Å². The molecule has 25 heavy (non-hydrogen) atoms. The minimum absolute atomic E-state index is 0.0149. The lowest BCUT2D eigenvalue weighted by Crippen LogP contribution is -2.54. The van der Waals surface area contributed by atoms with Crippen molar-refractivity contribution in [3.8, 4) is 0 Å². The van der Waals surface area contributed by atoms with E-state index in [2.05, 4.69) is 11.4 Å². The van der Waals surface area contributed by atoms with Crippen molar-refractivity contribution in [2.24, 2.45) is 5.92 Å². The SMILES string of the molecule is CC(O)C(NC(=O)C1CC1)C(=O)N1CC2(CCCC2)c2ccccc21. The van der Waals surface area contributed by atoms with Gasteiger partial charge in [0.1, 0.15) is 6.04 Å². The van der Waals surface area contributed by atoms with Crippen molar-refractivity contribution in [2.45, 2.75) is 63.0 Å². The largest absolute Gasteiger partial charge is 0.391 e. The van der Waals surface area contributed by atoms with Gasteiger partial charge in [0, 0.05) is 23.6 Å². The second kappa shape index (κ2) is 6.13. The quantitative estimate of drug-likeness (QED) is 0.881. The summed E-state index contributed by atoms with van der Waals surface area (Å²) in [5, 5.41) is 12.9. The number of aliphatic hydroxyl groups excluding tert-OH is 1. The highest BCUT2D eigenvalue weighted by molar-refractivity contribution is 6.02. The van der Waals surface area contributed by atoms with Crippen LogP contribution in [0.15, 0.2) is 24.3 Å². The summed E-state index contributed by atoms with van der Waals surface area (Å²) < 4.78 is 0. The van der Waals surface area contributed by atoms with E-state index in [1.165, 1.54) is 18.4 Å². The van der Waals surface area contributed by atoms with Crippen LogP contribution in [0.5, 0.6) is 0 Å². The number of carbonyl (C=O) groups is 2. The third kappa shape index (κ3) is 2.84. The van der Waals surface area contributed by atoms with Crippen LogP contribution in [0.25, 0.3) is 0 Å². The summed E-state index contributed by atoms with van der Waals surface area (Å²) in [6.45, 7) is 2.23. The molecule has 2 fully saturated rings. The first kappa shape index (κ1) is 16.6. The van der Waals surface area contributed by atoms with Crippen LogP contribution in [0.3, 0.4) is 0 Å². The first-order valence-electron chi connectivity index (χ1n) is 9.41. The molecule has 0 saturated heterocycles. The number of hydrogen-bond acceptors (Lipinski definition) is 3. The smallest absolute Gasteiger partial charge is 0.252 e. The fourth-order valence-electron chi connectivity index (χ4n) is 4.48. The normalized spacial score (nSPS) is 23.4. The van der Waals surface area contributed by atoms with Crippen LogP contribution in [0, 0.1) is 5.92 Å². The summed E-state index contributed by atoms with van der Waals surface area (Å²) in [7, 11) is 0. The molecular weight excluding hydrogens is 316 g/mol. The lowest BCUT2D eigenvalue weighted by atomic mass is 9.81. The van der Waals surface area contributed by atoms with Gasteiger partial charge >= 0.3 is 0 Å². The summed E-state index contributed by atoms with van der Waals surface area (Å²) >= 11 is 0. The van der Waals surface area contributed by atoms with Gasteiger partial charge in [-0.05, 0) is 44.2 Å². The zero-order valence-corrected chi connectivity index (χ0v) is 14.7. The Bertz CT molecular complexity index is 690. The van der Waals surface area contributed by atoms with Crippen molar-refractivity contribution in [3.05, 3.63) is 29.8 Å². The standard InChI is InChI=1S/C20H26N2O3/c1-13(23)17(21-18(24)14-8-9-14)19(25)22-12-20(10-4-5-11-20)15-6-2-3-7-16(15)22/h2-3,6-7,13-14,17,23H,4-5,8-12H2,1H3,(H,21,24).